The van der Waals surface area contributed by atoms with Crippen LogP contribution in [0.2, 0.25) is 0 Å². The normalized spacial score (nSPS) is 10.8. The summed E-state index contributed by atoms with van der Waals surface area (Å²) in [5.74, 6) is 1.30. The molecule has 0 unspecified atom stereocenters. The van der Waals surface area contributed by atoms with Gasteiger partial charge in [0.15, 0.2) is 5.58 Å². The van der Waals surface area contributed by atoms with Crippen LogP contribution in [-0.4, -0.2) is 17.1 Å². The lowest BCUT2D eigenvalue weighted by Crippen LogP contribution is -1.98. The van der Waals surface area contributed by atoms with E-state index in [2.05, 4.69) is 9.97 Å². The van der Waals surface area contributed by atoms with Crippen molar-refractivity contribution in [3.8, 4) is 17.2 Å². The van der Waals surface area contributed by atoms with Crippen LogP contribution in [0, 0.1) is 0 Å². The number of aromatic nitrogens is 2. The second kappa shape index (κ2) is 4.70. The van der Waals surface area contributed by atoms with Crippen LogP contribution in [0.3, 0.4) is 0 Å². The molecule has 3 rings (SSSR count). The first-order valence-corrected chi connectivity index (χ1v) is 5.90. The molecule has 2 aromatic heterocycles. The molecule has 0 amide bonds. The first-order valence-electron chi connectivity index (χ1n) is 5.90. The van der Waals surface area contributed by atoms with Crippen molar-refractivity contribution in [3.05, 3.63) is 42.2 Å². The summed E-state index contributed by atoms with van der Waals surface area (Å²) in [6.07, 6.45) is 1.70. The van der Waals surface area contributed by atoms with E-state index in [1.165, 1.54) is 0 Å². The minimum atomic E-state index is 0.391. The van der Waals surface area contributed by atoms with Crippen molar-refractivity contribution < 1.29 is 9.15 Å². The maximum absolute atomic E-state index is 5.74. The fraction of sp³-hybridized carbons (Fsp3) is 0.143. The van der Waals surface area contributed by atoms with Crippen LogP contribution in [0.15, 0.2) is 40.9 Å². The van der Waals surface area contributed by atoms with E-state index in [0.717, 1.165) is 22.5 Å². The van der Waals surface area contributed by atoms with E-state index >= 15 is 0 Å². The Morgan fingerprint density at radius 3 is 2.95 bits per heavy atom. The smallest absolute Gasteiger partial charge is 0.227 e. The predicted molar refractivity (Wildman–Crippen MR) is 71.7 cm³/mol. The number of fused-ring (bicyclic) bond motifs is 1. The van der Waals surface area contributed by atoms with Gasteiger partial charge in [-0.05, 0) is 24.3 Å². The molecule has 0 aliphatic heterocycles. The predicted octanol–water partition coefficient (Wildman–Crippen LogP) is 2.36. The largest absolute Gasteiger partial charge is 0.497 e. The summed E-state index contributed by atoms with van der Waals surface area (Å²) in [7, 11) is 1.62. The topological polar surface area (TPSA) is 74.2 Å². The van der Waals surface area contributed by atoms with Gasteiger partial charge in [0.05, 0.1) is 12.8 Å². The fourth-order valence-corrected chi connectivity index (χ4v) is 1.88. The Labute approximate surface area is 110 Å². The van der Waals surface area contributed by atoms with E-state index in [9.17, 15) is 0 Å². The molecule has 3 aromatic rings. The number of nitrogens with two attached hydrogens (primary N) is 1. The Kier molecular flexibility index (Phi) is 2.89. The van der Waals surface area contributed by atoms with Crippen LogP contribution < -0.4 is 10.5 Å². The van der Waals surface area contributed by atoms with Crippen molar-refractivity contribution in [3.63, 3.8) is 0 Å². The first kappa shape index (κ1) is 11.7. The molecule has 0 bridgehead atoms. The number of ether oxygens (including phenoxy) is 1. The molecule has 96 valence electrons. The number of pyridine rings is 1. The van der Waals surface area contributed by atoms with Gasteiger partial charge in [-0.1, -0.05) is 0 Å². The summed E-state index contributed by atoms with van der Waals surface area (Å²) in [6.45, 7) is 0.391. The molecule has 1 aromatic carbocycles. The monoisotopic (exact) mass is 255 g/mol. The molecule has 0 atom stereocenters. The standard InChI is InChI=1S/C14H13N3O2/c1-18-11-2-3-12-13(7-11)19-14(17-12)9-4-5-16-10(6-9)8-15/h2-7H,8,15H2,1H3. The molecule has 2 N–H and O–H groups in total. The number of hydrogen-bond acceptors (Lipinski definition) is 5. The Morgan fingerprint density at radius 1 is 1.26 bits per heavy atom. The van der Waals surface area contributed by atoms with Gasteiger partial charge in [0.1, 0.15) is 11.3 Å². The number of rotatable bonds is 3. The molecule has 0 radical (unpaired) electrons. The molecule has 0 spiro atoms. The third kappa shape index (κ3) is 2.15. The number of hydrogen-bond donors (Lipinski definition) is 1. The Hall–Kier alpha value is -2.40. The summed E-state index contributed by atoms with van der Waals surface area (Å²) >= 11 is 0. The molecule has 2 heterocycles. The van der Waals surface area contributed by atoms with E-state index in [4.69, 9.17) is 14.9 Å². The Balaban J connectivity index is 2.09. The van der Waals surface area contributed by atoms with Gasteiger partial charge in [-0.3, -0.25) is 4.98 Å². The van der Waals surface area contributed by atoms with Crippen molar-refractivity contribution in [2.45, 2.75) is 6.54 Å². The van der Waals surface area contributed by atoms with Crippen molar-refractivity contribution in [1.29, 1.82) is 0 Å². The minimum absolute atomic E-state index is 0.391. The maximum atomic E-state index is 5.74. The fourth-order valence-electron chi connectivity index (χ4n) is 1.88. The van der Waals surface area contributed by atoms with Gasteiger partial charge in [-0.25, -0.2) is 4.98 Å². The minimum Gasteiger partial charge on any atom is -0.497 e. The first-order chi connectivity index (χ1) is 9.30. The molecule has 0 aliphatic rings. The summed E-state index contributed by atoms with van der Waals surface area (Å²) in [6, 6.07) is 9.26. The number of nitrogens with zero attached hydrogens (tertiary/aromatic N) is 2. The highest BCUT2D eigenvalue weighted by atomic mass is 16.5. The third-order valence-corrected chi connectivity index (χ3v) is 2.87. The van der Waals surface area contributed by atoms with E-state index in [0.29, 0.717) is 18.0 Å². The number of oxazole rings is 1. The molecule has 0 saturated carbocycles. The van der Waals surface area contributed by atoms with Crippen LogP contribution in [0.4, 0.5) is 0 Å². The zero-order valence-electron chi connectivity index (χ0n) is 10.5. The lowest BCUT2D eigenvalue weighted by atomic mass is 10.2. The van der Waals surface area contributed by atoms with E-state index in [1.54, 1.807) is 13.3 Å². The Morgan fingerprint density at radius 2 is 2.16 bits per heavy atom. The molecule has 0 fully saturated rings. The van der Waals surface area contributed by atoms with Crippen molar-refractivity contribution >= 4 is 11.1 Å². The van der Waals surface area contributed by atoms with Crippen molar-refractivity contribution in [2.75, 3.05) is 7.11 Å². The van der Waals surface area contributed by atoms with Crippen LogP contribution in [0.1, 0.15) is 5.69 Å². The molecular weight excluding hydrogens is 242 g/mol. The Bertz CT molecular complexity index is 722. The highest BCUT2D eigenvalue weighted by Gasteiger charge is 2.09. The van der Waals surface area contributed by atoms with Crippen LogP contribution in [0.5, 0.6) is 5.75 Å². The SMILES string of the molecule is COc1ccc2nc(-c3ccnc(CN)c3)oc2c1. The van der Waals surface area contributed by atoms with Crippen LogP contribution in [-0.2, 0) is 6.54 Å². The molecule has 0 saturated heterocycles. The highest BCUT2D eigenvalue weighted by molar-refractivity contribution is 5.77. The summed E-state index contributed by atoms with van der Waals surface area (Å²) < 4.78 is 10.9. The van der Waals surface area contributed by atoms with Crippen LogP contribution >= 0.6 is 0 Å². The third-order valence-electron chi connectivity index (χ3n) is 2.87. The van der Waals surface area contributed by atoms with E-state index < -0.39 is 0 Å². The zero-order chi connectivity index (χ0) is 13.2. The lowest BCUT2D eigenvalue weighted by Gasteiger charge is -1.98. The molecule has 0 aliphatic carbocycles. The van der Waals surface area contributed by atoms with Gasteiger partial charge >= 0.3 is 0 Å². The molecular formula is C14H13N3O2. The van der Waals surface area contributed by atoms with Gasteiger partial charge in [-0.2, -0.15) is 0 Å². The lowest BCUT2D eigenvalue weighted by molar-refractivity contribution is 0.414. The second-order valence-electron chi connectivity index (χ2n) is 4.09. The van der Waals surface area contributed by atoms with Gasteiger partial charge < -0.3 is 14.9 Å². The van der Waals surface area contributed by atoms with Gasteiger partial charge in [0.25, 0.3) is 0 Å². The van der Waals surface area contributed by atoms with Gasteiger partial charge in [0, 0.05) is 24.4 Å². The number of benzene rings is 1. The highest BCUT2D eigenvalue weighted by Crippen LogP contribution is 2.26. The average molecular weight is 255 g/mol. The van der Waals surface area contributed by atoms with Crippen molar-refractivity contribution in [1.82, 2.24) is 9.97 Å². The van der Waals surface area contributed by atoms with E-state index in [1.807, 2.05) is 30.3 Å². The summed E-state index contributed by atoms with van der Waals surface area (Å²) in [5, 5.41) is 0. The zero-order valence-corrected chi connectivity index (χ0v) is 10.5. The van der Waals surface area contributed by atoms with Gasteiger partial charge in [-0.15, -0.1) is 0 Å². The summed E-state index contributed by atoms with van der Waals surface area (Å²) in [5.41, 5.74) is 8.74. The molecule has 5 nitrogen and oxygen atoms in total. The molecule has 19 heavy (non-hydrogen) atoms. The van der Waals surface area contributed by atoms with Gasteiger partial charge in [0.2, 0.25) is 5.89 Å². The maximum Gasteiger partial charge on any atom is 0.227 e. The average Bonchev–Trinajstić information content (AvgIpc) is 2.90. The summed E-state index contributed by atoms with van der Waals surface area (Å²) in [4.78, 5) is 8.59. The van der Waals surface area contributed by atoms with Crippen molar-refractivity contribution in [2.24, 2.45) is 5.73 Å². The van der Waals surface area contributed by atoms with Crippen LogP contribution in [0.25, 0.3) is 22.6 Å². The second-order valence-corrected chi connectivity index (χ2v) is 4.09. The quantitative estimate of drug-likeness (QED) is 0.777. The number of methoxy groups -OCH3 is 1. The molecule has 5 heteroatoms. The van der Waals surface area contributed by atoms with E-state index in [-0.39, 0.29) is 0 Å².